The lowest BCUT2D eigenvalue weighted by Crippen LogP contribution is -2.61. The summed E-state index contributed by atoms with van der Waals surface area (Å²) in [5.41, 5.74) is 11.9. The Balaban J connectivity index is 2.91. The molecule has 9 amide bonds. The Kier molecular flexibility index (Phi) is 21.5. The highest BCUT2D eigenvalue weighted by atomic mass is 16.4. The smallest absolute Gasteiger partial charge is 0.325 e. The second-order valence-corrected chi connectivity index (χ2v) is 15.1. The zero-order valence-corrected chi connectivity index (χ0v) is 35.4. The first-order chi connectivity index (χ1) is 28.7. The van der Waals surface area contributed by atoms with E-state index < -0.39 is 145 Å². The van der Waals surface area contributed by atoms with Crippen molar-refractivity contribution in [3.8, 4) is 5.75 Å². The molecule has 0 heterocycles. The summed E-state index contributed by atoms with van der Waals surface area (Å²) in [6.07, 6.45) is -1.72. The summed E-state index contributed by atoms with van der Waals surface area (Å²) < 4.78 is 0. The van der Waals surface area contributed by atoms with Crippen molar-refractivity contribution in [3.05, 3.63) is 29.8 Å². The Bertz CT molecular complexity index is 1820. The van der Waals surface area contributed by atoms with Gasteiger partial charge < -0.3 is 69.3 Å². The Hall–Kier alpha value is -6.85. The minimum absolute atomic E-state index is 0.0407. The maximum atomic E-state index is 13.5. The molecule has 1 aromatic rings. The molecular weight excluding hydrogens is 820 g/mol. The van der Waals surface area contributed by atoms with Crippen LogP contribution in [0.2, 0.25) is 0 Å². The average molecular weight is 879 g/mol. The van der Waals surface area contributed by atoms with E-state index in [4.69, 9.17) is 16.6 Å². The quantitative estimate of drug-likeness (QED) is 0.0441. The van der Waals surface area contributed by atoms with Crippen LogP contribution >= 0.6 is 0 Å². The predicted octanol–water partition coefficient (Wildman–Crippen LogP) is -4.42. The van der Waals surface area contributed by atoms with Gasteiger partial charge >= 0.3 is 11.9 Å². The summed E-state index contributed by atoms with van der Waals surface area (Å²) in [7, 11) is 0. The molecule has 0 unspecified atom stereocenters. The molecule has 62 heavy (non-hydrogen) atoms. The van der Waals surface area contributed by atoms with Crippen LogP contribution in [0.25, 0.3) is 0 Å². The number of aromatic hydroxyl groups is 1. The van der Waals surface area contributed by atoms with Gasteiger partial charge in [0, 0.05) is 0 Å². The number of phenols is 1. The van der Waals surface area contributed by atoms with Crippen molar-refractivity contribution >= 4 is 65.1 Å². The molecule has 344 valence electrons. The normalized spacial score (nSPS) is 14.8. The molecule has 0 saturated heterocycles. The SMILES string of the molecule is CC(C)[C@H](NC(=O)[C@H](C)NC(=O)CNC(=O)[C@H](C)NC(=O)[C@@H](N)Cc1ccc(O)cc1)C(=O)N[C@H](C(=O)N[C@@H](CC(N)=O)C(=O)N[C@@H](CC(=O)O)C(=O)N[C@@H](C)C(=O)O)C(C)C. The van der Waals surface area contributed by atoms with Crippen molar-refractivity contribution in [1.29, 1.82) is 0 Å². The number of carboxylic acids is 2. The average Bonchev–Trinajstić information content (AvgIpc) is 3.17. The van der Waals surface area contributed by atoms with Crippen LogP contribution in [0.5, 0.6) is 5.75 Å². The van der Waals surface area contributed by atoms with Gasteiger partial charge in [0.2, 0.25) is 53.2 Å². The van der Waals surface area contributed by atoms with Crippen molar-refractivity contribution in [3.63, 3.8) is 0 Å². The van der Waals surface area contributed by atoms with Crippen LogP contribution in [0.3, 0.4) is 0 Å². The molecule has 0 bridgehead atoms. The molecule has 0 aliphatic carbocycles. The number of phenolic OH excluding ortho intramolecular Hbond substituents is 1. The zero-order chi connectivity index (χ0) is 47.6. The predicted molar refractivity (Wildman–Crippen MR) is 217 cm³/mol. The highest BCUT2D eigenvalue weighted by molar-refractivity contribution is 5.99. The zero-order valence-electron chi connectivity index (χ0n) is 35.4. The summed E-state index contributed by atoms with van der Waals surface area (Å²) in [4.78, 5) is 138. The first-order valence-corrected chi connectivity index (χ1v) is 19.4. The lowest BCUT2D eigenvalue weighted by Gasteiger charge is -2.29. The number of carbonyl (C=O) groups is 11. The summed E-state index contributed by atoms with van der Waals surface area (Å²) in [6, 6.07) is -5.14. The number of nitrogens with one attached hydrogen (secondary N) is 8. The largest absolute Gasteiger partial charge is 0.508 e. The van der Waals surface area contributed by atoms with Crippen LogP contribution in [0, 0.1) is 11.8 Å². The molecule has 24 heteroatoms. The van der Waals surface area contributed by atoms with E-state index in [9.17, 15) is 63.0 Å². The number of amides is 9. The molecule has 1 aromatic carbocycles. The van der Waals surface area contributed by atoms with Gasteiger partial charge in [0.15, 0.2) is 0 Å². The van der Waals surface area contributed by atoms with Crippen molar-refractivity contribution in [2.75, 3.05) is 6.54 Å². The van der Waals surface area contributed by atoms with Gasteiger partial charge in [-0.2, -0.15) is 0 Å². The topological polar surface area (TPSA) is 397 Å². The summed E-state index contributed by atoms with van der Waals surface area (Å²) >= 11 is 0. The monoisotopic (exact) mass is 878 g/mol. The Morgan fingerprint density at radius 2 is 1.00 bits per heavy atom. The molecule has 0 fully saturated rings. The third-order valence-electron chi connectivity index (χ3n) is 8.95. The second kappa shape index (κ2) is 25.0. The number of nitrogens with two attached hydrogens (primary N) is 2. The molecule has 0 spiro atoms. The van der Waals surface area contributed by atoms with Gasteiger partial charge in [0.25, 0.3) is 0 Å². The molecule has 8 atom stereocenters. The van der Waals surface area contributed by atoms with Gasteiger partial charge in [0.05, 0.1) is 25.4 Å². The molecule has 0 saturated carbocycles. The maximum Gasteiger partial charge on any atom is 0.325 e. The fourth-order valence-electron chi connectivity index (χ4n) is 5.34. The van der Waals surface area contributed by atoms with Crippen LogP contribution in [-0.4, -0.2) is 135 Å². The van der Waals surface area contributed by atoms with Gasteiger partial charge in [-0.3, -0.25) is 52.7 Å². The van der Waals surface area contributed by atoms with Crippen molar-refractivity contribution < 1.29 is 68.1 Å². The molecule has 0 aliphatic heterocycles. The Labute approximate surface area is 356 Å². The van der Waals surface area contributed by atoms with E-state index in [1.165, 1.54) is 39.8 Å². The van der Waals surface area contributed by atoms with Crippen LogP contribution in [0.4, 0.5) is 0 Å². The highest BCUT2D eigenvalue weighted by Crippen LogP contribution is 2.12. The number of rotatable bonds is 25. The number of carbonyl (C=O) groups excluding carboxylic acids is 9. The van der Waals surface area contributed by atoms with Crippen LogP contribution in [-0.2, 0) is 59.2 Å². The Morgan fingerprint density at radius 3 is 1.50 bits per heavy atom. The number of aliphatic carboxylic acids is 2. The molecule has 0 aromatic heterocycles. The molecule has 1 rings (SSSR count). The lowest BCUT2D eigenvalue weighted by atomic mass is 9.99. The molecule has 15 N–H and O–H groups in total. The van der Waals surface area contributed by atoms with Crippen LogP contribution in [0.1, 0.15) is 66.9 Å². The van der Waals surface area contributed by atoms with E-state index >= 15 is 0 Å². The first kappa shape index (κ1) is 53.2. The van der Waals surface area contributed by atoms with E-state index in [0.717, 1.165) is 6.92 Å². The van der Waals surface area contributed by atoms with Gasteiger partial charge in [-0.05, 0) is 56.7 Å². The minimum Gasteiger partial charge on any atom is -0.508 e. The first-order valence-electron chi connectivity index (χ1n) is 19.4. The van der Waals surface area contributed by atoms with Crippen LogP contribution < -0.4 is 54.0 Å². The molecule has 0 aliphatic rings. The Morgan fingerprint density at radius 1 is 0.548 bits per heavy atom. The van der Waals surface area contributed by atoms with Crippen LogP contribution in [0.15, 0.2) is 24.3 Å². The third-order valence-corrected chi connectivity index (χ3v) is 8.95. The van der Waals surface area contributed by atoms with E-state index in [1.807, 2.05) is 5.32 Å². The van der Waals surface area contributed by atoms with Crippen molar-refractivity contribution in [2.24, 2.45) is 23.3 Å². The third kappa shape index (κ3) is 18.6. The van der Waals surface area contributed by atoms with Gasteiger partial charge in [-0.15, -0.1) is 0 Å². The number of benzene rings is 1. The number of hydrogen-bond donors (Lipinski definition) is 13. The van der Waals surface area contributed by atoms with Gasteiger partial charge in [-0.25, -0.2) is 0 Å². The highest BCUT2D eigenvalue weighted by Gasteiger charge is 2.35. The van der Waals surface area contributed by atoms with Crippen molar-refractivity contribution in [1.82, 2.24) is 42.5 Å². The summed E-state index contributed by atoms with van der Waals surface area (Å²) in [6.45, 7) is 9.34. The fraction of sp³-hybridized carbons (Fsp3) is 0.553. The van der Waals surface area contributed by atoms with E-state index in [1.54, 1.807) is 26.0 Å². The van der Waals surface area contributed by atoms with E-state index in [0.29, 0.717) is 5.56 Å². The molecule has 24 nitrogen and oxygen atoms in total. The van der Waals surface area contributed by atoms with Crippen molar-refractivity contribution in [2.45, 2.75) is 116 Å². The van der Waals surface area contributed by atoms with Gasteiger partial charge in [0.1, 0.15) is 48.0 Å². The number of hydrogen-bond acceptors (Lipinski definition) is 13. The minimum atomic E-state index is -1.84. The summed E-state index contributed by atoms with van der Waals surface area (Å²) in [5.74, 6) is -12.7. The lowest BCUT2D eigenvalue weighted by molar-refractivity contribution is -0.143. The standard InChI is InChI=1S/C38H58N10O14/c1-16(2)29(36(59)46-24(13-26(40)50)35(58)45-25(14-28(52)53)34(57)44-20(7)38(61)62)48-37(60)30(17(3)4)47-32(55)19(6)42-27(51)15-41-31(54)18(5)43-33(56)23(39)12-21-8-10-22(49)11-9-21/h8-11,16-20,23-25,29-30,49H,12-15,39H2,1-7H3,(H2,40,50)(H,41,54)(H,42,51)(H,43,56)(H,44,57)(H,45,58)(H,46,59)(H,47,55)(H,48,60)(H,52,53)(H,61,62)/t18-,19-,20-,23-,24-,25-,29-,30-/m0/s1. The van der Waals surface area contributed by atoms with Gasteiger partial charge in [-0.1, -0.05) is 39.8 Å². The summed E-state index contributed by atoms with van der Waals surface area (Å²) in [5, 5.41) is 46.2. The number of primary amides is 1. The molecule has 0 radical (unpaired) electrons. The van der Waals surface area contributed by atoms with E-state index in [-0.39, 0.29) is 12.2 Å². The fourth-order valence-corrected chi connectivity index (χ4v) is 5.34. The number of carboxylic acid groups (broad SMARTS) is 2. The second-order valence-electron chi connectivity index (χ2n) is 15.1. The molecular formula is C38H58N10O14. The maximum absolute atomic E-state index is 13.5. The van der Waals surface area contributed by atoms with E-state index in [2.05, 4.69) is 37.2 Å².